The molecule has 25 heavy (non-hydrogen) atoms. The number of aromatic amines is 1. The van der Waals surface area contributed by atoms with E-state index in [-0.39, 0.29) is 18.1 Å². The Hall–Kier alpha value is -3.15. The third kappa shape index (κ3) is 3.85. The zero-order chi connectivity index (χ0) is 17.8. The van der Waals surface area contributed by atoms with Crippen LogP contribution in [0.5, 0.6) is 5.88 Å². The molecule has 0 aliphatic rings. The van der Waals surface area contributed by atoms with E-state index in [4.69, 9.17) is 0 Å². The first-order valence-electron chi connectivity index (χ1n) is 8.12. The minimum absolute atomic E-state index is 0.0356. The van der Waals surface area contributed by atoms with Gasteiger partial charge in [0.15, 0.2) is 5.69 Å². The summed E-state index contributed by atoms with van der Waals surface area (Å²) in [6.45, 7) is 4.22. The number of nitrogens with zero attached hydrogens (tertiary/aromatic N) is 2. The molecule has 6 heteroatoms. The Morgan fingerprint density at radius 3 is 2.68 bits per heavy atom. The summed E-state index contributed by atoms with van der Waals surface area (Å²) in [5.41, 5.74) is 3.00. The molecule has 128 valence electrons. The number of aromatic hydroxyl groups is 1. The third-order valence-electron chi connectivity index (χ3n) is 3.92. The molecule has 0 saturated carbocycles. The number of carbonyl (C=O) groups excluding carboxylic acids is 1. The van der Waals surface area contributed by atoms with Crippen LogP contribution in [0.15, 0.2) is 58.8 Å². The standard InChI is InChI=1S/C19H20N4O2/c1-12(2)13-8-9-16-15(10-13)18(19(25)21-16)23-22-17(24)11-20-14-6-4-3-5-7-14/h3-10,12,20-21,25H,11H2,1-2H3. The van der Waals surface area contributed by atoms with Gasteiger partial charge in [-0.1, -0.05) is 38.1 Å². The summed E-state index contributed by atoms with van der Waals surface area (Å²) < 4.78 is 0. The zero-order valence-electron chi connectivity index (χ0n) is 14.2. The minimum atomic E-state index is -0.419. The number of amides is 1. The van der Waals surface area contributed by atoms with Gasteiger partial charge in [-0.2, -0.15) is 0 Å². The van der Waals surface area contributed by atoms with Crippen molar-refractivity contribution in [2.24, 2.45) is 10.2 Å². The summed E-state index contributed by atoms with van der Waals surface area (Å²) in [7, 11) is 0. The normalized spacial score (nSPS) is 11.5. The van der Waals surface area contributed by atoms with Crippen LogP contribution in [0, 0.1) is 0 Å². The van der Waals surface area contributed by atoms with Gasteiger partial charge in [0.2, 0.25) is 5.88 Å². The zero-order valence-corrected chi connectivity index (χ0v) is 14.2. The number of anilines is 1. The van der Waals surface area contributed by atoms with Crippen molar-refractivity contribution in [2.75, 3.05) is 11.9 Å². The van der Waals surface area contributed by atoms with Gasteiger partial charge in [-0.05, 0) is 35.7 Å². The highest BCUT2D eigenvalue weighted by Gasteiger charge is 2.12. The number of hydrogen-bond donors (Lipinski definition) is 3. The number of aromatic nitrogens is 1. The van der Waals surface area contributed by atoms with Crippen molar-refractivity contribution >= 4 is 28.2 Å². The predicted molar refractivity (Wildman–Crippen MR) is 98.5 cm³/mol. The number of hydrogen-bond acceptors (Lipinski definition) is 4. The highest BCUT2D eigenvalue weighted by Crippen LogP contribution is 2.36. The SMILES string of the molecule is CC(C)c1ccc2[nH]c(O)c(N=NC(=O)CNc3ccccc3)c2c1. The maximum atomic E-state index is 11.9. The molecule has 3 aromatic rings. The number of fused-ring (bicyclic) bond motifs is 1. The Labute approximate surface area is 145 Å². The fourth-order valence-corrected chi connectivity index (χ4v) is 2.52. The van der Waals surface area contributed by atoms with Crippen LogP contribution < -0.4 is 5.32 Å². The van der Waals surface area contributed by atoms with E-state index in [1.54, 1.807) is 0 Å². The first kappa shape index (κ1) is 16.7. The molecule has 0 bridgehead atoms. The molecule has 1 amide bonds. The van der Waals surface area contributed by atoms with Gasteiger partial charge in [0.05, 0.1) is 12.1 Å². The molecule has 3 N–H and O–H groups in total. The van der Waals surface area contributed by atoms with Gasteiger partial charge in [0.25, 0.3) is 5.91 Å². The molecule has 3 rings (SSSR count). The van der Waals surface area contributed by atoms with Gasteiger partial charge in [-0.3, -0.25) is 4.79 Å². The van der Waals surface area contributed by atoms with Gasteiger partial charge < -0.3 is 15.4 Å². The average molecular weight is 336 g/mol. The third-order valence-corrected chi connectivity index (χ3v) is 3.92. The van der Waals surface area contributed by atoms with Crippen LogP contribution in [0.1, 0.15) is 25.3 Å². The van der Waals surface area contributed by atoms with Crippen molar-refractivity contribution < 1.29 is 9.90 Å². The summed E-state index contributed by atoms with van der Waals surface area (Å²) >= 11 is 0. The summed E-state index contributed by atoms with van der Waals surface area (Å²) in [5, 5.41) is 21.4. The monoisotopic (exact) mass is 336 g/mol. The molecule has 1 heterocycles. The van der Waals surface area contributed by atoms with E-state index in [9.17, 15) is 9.90 Å². The fraction of sp³-hybridized carbons (Fsp3) is 0.211. The summed E-state index contributed by atoms with van der Waals surface area (Å²) in [4.78, 5) is 14.8. The van der Waals surface area contributed by atoms with Crippen molar-refractivity contribution in [3.8, 4) is 5.88 Å². The van der Waals surface area contributed by atoms with E-state index in [0.29, 0.717) is 5.92 Å². The van der Waals surface area contributed by atoms with Crippen LogP contribution in [0.25, 0.3) is 10.9 Å². The largest absolute Gasteiger partial charge is 0.493 e. The van der Waals surface area contributed by atoms with Crippen molar-refractivity contribution in [1.29, 1.82) is 0 Å². The van der Waals surface area contributed by atoms with Gasteiger partial charge >= 0.3 is 0 Å². The lowest BCUT2D eigenvalue weighted by Gasteiger charge is -2.04. The maximum absolute atomic E-state index is 11.9. The van der Waals surface area contributed by atoms with Crippen molar-refractivity contribution in [3.05, 3.63) is 54.1 Å². The molecule has 6 nitrogen and oxygen atoms in total. The fourth-order valence-electron chi connectivity index (χ4n) is 2.52. The van der Waals surface area contributed by atoms with E-state index >= 15 is 0 Å². The number of carbonyl (C=O) groups is 1. The Morgan fingerprint density at radius 2 is 1.96 bits per heavy atom. The Kier molecular flexibility index (Phi) is 4.79. The van der Waals surface area contributed by atoms with Gasteiger partial charge in [-0.25, -0.2) is 0 Å². The van der Waals surface area contributed by atoms with E-state index in [1.165, 1.54) is 0 Å². The Morgan fingerprint density at radius 1 is 1.20 bits per heavy atom. The van der Waals surface area contributed by atoms with E-state index in [1.807, 2.05) is 48.5 Å². The van der Waals surface area contributed by atoms with Crippen LogP contribution in [0.2, 0.25) is 0 Å². The maximum Gasteiger partial charge on any atom is 0.283 e. The van der Waals surface area contributed by atoms with Crippen LogP contribution in [0.4, 0.5) is 11.4 Å². The number of para-hydroxylation sites is 1. The lowest BCUT2D eigenvalue weighted by atomic mass is 10.0. The molecule has 0 fully saturated rings. The number of H-pyrrole nitrogens is 1. The smallest absolute Gasteiger partial charge is 0.283 e. The molecular weight excluding hydrogens is 316 g/mol. The summed E-state index contributed by atoms with van der Waals surface area (Å²) in [5.74, 6) is -0.163. The van der Waals surface area contributed by atoms with Crippen LogP contribution >= 0.6 is 0 Å². The Balaban J connectivity index is 1.77. The predicted octanol–water partition coefficient (Wildman–Crippen LogP) is 4.72. The van der Waals surface area contributed by atoms with Crippen molar-refractivity contribution in [1.82, 2.24) is 4.98 Å². The second-order valence-corrected chi connectivity index (χ2v) is 6.10. The topological polar surface area (TPSA) is 89.8 Å². The molecule has 2 aromatic carbocycles. The van der Waals surface area contributed by atoms with Gasteiger partial charge in [0.1, 0.15) is 0 Å². The van der Waals surface area contributed by atoms with Gasteiger partial charge in [0, 0.05) is 11.1 Å². The average Bonchev–Trinajstić information content (AvgIpc) is 2.93. The minimum Gasteiger partial charge on any atom is -0.493 e. The number of rotatable bonds is 5. The molecule has 0 aliphatic heterocycles. The lowest BCUT2D eigenvalue weighted by molar-refractivity contribution is -0.116. The quantitative estimate of drug-likeness (QED) is 0.589. The molecule has 0 aliphatic carbocycles. The lowest BCUT2D eigenvalue weighted by Crippen LogP contribution is -2.10. The molecule has 0 atom stereocenters. The van der Waals surface area contributed by atoms with Crippen LogP contribution in [-0.2, 0) is 4.79 Å². The van der Waals surface area contributed by atoms with Crippen molar-refractivity contribution in [3.63, 3.8) is 0 Å². The van der Waals surface area contributed by atoms with E-state index in [0.717, 1.165) is 22.2 Å². The summed E-state index contributed by atoms with van der Waals surface area (Å²) in [6.07, 6.45) is 0. The Bertz CT molecular complexity index is 914. The van der Waals surface area contributed by atoms with E-state index < -0.39 is 5.91 Å². The summed E-state index contributed by atoms with van der Waals surface area (Å²) in [6, 6.07) is 15.2. The van der Waals surface area contributed by atoms with E-state index in [2.05, 4.69) is 34.4 Å². The number of azo groups is 1. The number of benzene rings is 2. The van der Waals surface area contributed by atoms with Crippen LogP contribution in [0.3, 0.4) is 0 Å². The van der Waals surface area contributed by atoms with Crippen molar-refractivity contribution in [2.45, 2.75) is 19.8 Å². The molecule has 0 spiro atoms. The first-order chi connectivity index (χ1) is 12.0. The molecule has 0 saturated heterocycles. The molecule has 1 aromatic heterocycles. The molecule has 0 unspecified atom stereocenters. The van der Waals surface area contributed by atoms with Gasteiger partial charge in [-0.15, -0.1) is 10.2 Å². The second-order valence-electron chi connectivity index (χ2n) is 6.10. The first-order valence-corrected chi connectivity index (χ1v) is 8.12. The highest BCUT2D eigenvalue weighted by molar-refractivity contribution is 5.95. The number of nitrogens with one attached hydrogen (secondary N) is 2. The van der Waals surface area contributed by atoms with Crippen LogP contribution in [-0.4, -0.2) is 22.5 Å². The molecular formula is C19H20N4O2. The molecule has 0 radical (unpaired) electrons. The second kappa shape index (κ2) is 7.17. The highest BCUT2D eigenvalue weighted by atomic mass is 16.3.